The highest BCUT2D eigenvalue weighted by atomic mass is 32.5. The van der Waals surface area contributed by atoms with Crippen LogP contribution in [0.5, 0.6) is 0 Å². The lowest BCUT2D eigenvalue weighted by Crippen LogP contribution is -2.47. The first-order valence-electron chi connectivity index (χ1n) is 12.4. The van der Waals surface area contributed by atoms with Crippen molar-refractivity contribution in [3.05, 3.63) is 43.5 Å². The molecule has 3 rings (SSSR count). The van der Waals surface area contributed by atoms with Gasteiger partial charge in [-0.2, -0.15) is 0 Å². The van der Waals surface area contributed by atoms with Crippen molar-refractivity contribution in [2.24, 2.45) is 11.0 Å². The molecule has 21 nitrogen and oxygen atoms in total. The molecule has 43 heavy (non-hydrogen) atoms. The van der Waals surface area contributed by atoms with Crippen LogP contribution in [-0.2, 0) is 39.2 Å². The monoisotopic (exact) mass is 679 g/mol. The Labute approximate surface area is 246 Å². The van der Waals surface area contributed by atoms with Gasteiger partial charge < -0.3 is 54.4 Å². The minimum atomic E-state index is -5.49. The van der Waals surface area contributed by atoms with Crippen LogP contribution < -0.4 is 11.2 Å². The van der Waals surface area contributed by atoms with Crippen LogP contribution in [-0.4, -0.2) is 118 Å². The maximum Gasteiger partial charge on any atom is 0.481 e. The van der Waals surface area contributed by atoms with Gasteiger partial charge in [0.2, 0.25) is 0 Å². The van der Waals surface area contributed by atoms with E-state index in [9.17, 15) is 49.5 Å². The van der Waals surface area contributed by atoms with Gasteiger partial charge in [0.15, 0.2) is 12.5 Å². The van der Waals surface area contributed by atoms with E-state index in [1.807, 2.05) is 4.98 Å². The summed E-state index contributed by atoms with van der Waals surface area (Å²) in [6.45, 7) is -5.65. The molecule has 1 aromatic rings. The summed E-state index contributed by atoms with van der Waals surface area (Å²) < 4.78 is 38.5. The van der Waals surface area contributed by atoms with Gasteiger partial charge in [0.1, 0.15) is 23.9 Å². The average Bonchev–Trinajstić information content (AvgIpc) is 3.15. The minimum absolute atomic E-state index is 0.102. The van der Waals surface area contributed by atoms with Gasteiger partial charge in [0.05, 0.1) is 38.1 Å². The zero-order valence-electron chi connectivity index (χ0n) is 22.1. The summed E-state index contributed by atoms with van der Waals surface area (Å²) in [5, 5.41) is 64.1. The van der Waals surface area contributed by atoms with E-state index in [0.717, 1.165) is 16.8 Å². The van der Waals surface area contributed by atoms with E-state index in [1.165, 1.54) is 6.92 Å². The van der Waals surface area contributed by atoms with Crippen molar-refractivity contribution in [3.63, 3.8) is 0 Å². The number of hydrogen-bond donors (Lipinski definition) is 9. The highest BCUT2D eigenvalue weighted by Gasteiger charge is 2.56. The van der Waals surface area contributed by atoms with Crippen LogP contribution in [0, 0.1) is 5.92 Å². The van der Waals surface area contributed by atoms with Crippen molar-refractivity contribution < 1.29 is 67.8 Å². The molecule has 9 N–H and O–H groups in total. The third-order valence-electron chi connectivity index (χ3n) is 6.89. The molecule has 0 aliphatic carbocycles. The van der Waals surface area contributed by atoms with Gasteiger partial charge in [-0.05, 0) is 23.8 Å². The second-order valence-corrected chi connectivity index (χ2v) is 13.9. The normalized spacial score (nSPS) is 36.6. The Morgan fingerprint density at radius 3 is 2.53 bits per heavy atom. The molecular formula is C19H31N5O16P2S. The number of aliphatic hydroxyl groups excluding tert-OH is 6. The predicted molar refractivity (Wildman–Crippen MR) is 142 cm³/mol. The lowest BCUT2D eigenvalue weighted by Gasteiger charge is -2.31. The lowest BCUT2D eigenvalue weighted by molar-refractivity contribution is -0.173. The van der Waals surface area contributed by atoms with Crippen LogP contribution in [0.15, 0.2) is 27.0 Å². The largest absolute Gasteiger partial charge is 0.481 e. The summed E-state index contributed by atoms with van der Waals surface area (Å²) in [6, 6.07) is 0.973. The lowest BCUT2D eigenvalue weighted by atomic mass is 9.88. The quantitative estimate of drug-likeness (QED) is 0.0461. The molecule has 0 aromatic carbocycles. The molecule has 24 heteroatoms. The number of nitrogens with one attached hydrogen (secondary N) is 1. The highest BCUT2D eigenvalue weighted by Crippen LogP contribution is 2.62. The Kier molecular flexibility index (Phi) is 11.8. The first kappa shape index (κ1) is 35.8. The topological polar surface area (TPSA) is 329 Å². The molecular weight excluding hydrogens is 648 g/mol. The molecule has 3 heterocycles. The van der Waals surface area contributed by atoms with E-state index in [4.69, 9.17) is 36.4 Å². The van der Waals surface area contributed by atoms with Crippen LogP contribution in [0.4, 0.5) is 0 Å². The number of aromatic amines is 1. The standard InChI is InChI=1S/C19H31N5O16P2S/c1-2-19(22-23-20)15(31)10(38-17(19)24-4-3-11(27)21-18(24)32)7-37-42(35,43)40-41(33,34)39-16-14(30)13(29)12(28)8(6-36-16)9(26)5-25/h3-4,8-10,12-17,25-26,28-31H,2,5-7H2,1H3,(H,33,34)(H,35,43)(H,21,27,32)/t8?,9-,10+,12?,13?,14?,15+,16?,17+,19+,42?/m0/s1. The van der Waals surface area contributed by atoms with Gasteiger partial charge in [-0.1, -0.05) is 12.0 Å². The predicted octanol–water partition coefficient (Wildman–Crippen LogP) is -2.97. The van der Waals surface area contributed by atoms with Crippen molar-refractivity contribution in [2.75, 3.05) is 19.8 Å². The summed E-state index contributed by atoms with van der Waals surface area (Å²) in [5.41, 5.74) is 5.59. The SMILES string of the molecule is CC[C@@]1(N=[N+]=[N-])[C@H](O)[C@@H](COP(O)(=S)OP(=O)(O)OC2OCC([C@@H](O)CO)C(O)C(O)C2O)O[C@H]1n1ccc(=O)[nH]c1=O. The van der Waals surface area contributed by atoms with E-state index < -0.39 is 106 Å². The van der Waals surface area contributed by atoms with Crippen LogP contribution in [0.1, 0.15) is 19.6 Å². The van der Waals surface area contributed by atoms with Crippen molar-refractivity contribution in [1.29, 1.82) is 0 Å². The Balaban J connectivity index is 1.73. The second-order valence-electron chi connectivity index (χ2n) is 9.53. The van der Waals surface area contributed by atoms with Crippen molar-refractivity contribution in [2.45, 2.75) is 68.0 Å². The number of azide groups is 1. The molecule has 244 valence electrons. The van der Waals surface area contributed by atoms with Crippen molar-refractivity contribution in [1.82, 2.24) is 9.55 Å². The van der Waals surface area contributed by atoms with Crippen molar-refractivity contribution >= 4 is 26.3 Å². The van der Waals surface area contributed by atoms with Crippen LogP contribution in [0.3, 0.4) is 0 Å². The molecule has 2 saturated heterocycles. The van der Waals surface area contributed by atoms with Gasteiger partial charge >= 0.3 is 20.2 Å². The van der Waals surface area contributed by atoms with Gasteiger partial charge in [-0.25, -0.2) is 13.7 Å². The number of rotatable bonds is 12. The molecule has 2 fully saturated rings. The zero-order valence-corrected chi connectivity index (χ0v) is 24.7. The average molecular weight is 679 g/mol. The van der Waals surface area contributed by atoms with E-state index in [0.29, 0.717) is 0 Å². The van der Waals surface area contributed by atoms with Gasteiger partial charge in [-0.15, -0.1) is 0 Å². The molecule has 0 spiro atoms. The maximum atomic E-state index is 12.6. The summed E-state index contributed by atoms with van der Waals surface area (Å²) in [4.78, 5) is 49.2. The molecule has 2 aliphatic rings. The van der Waals surface area contributed by atoms with Gasteiger partial charge in [0, 0.05) is 23.1 Å². The van der Waals surface area contributed by atoms with E-state index in [1.54, 1.807) is 0 Å². The Bertz CT molecular complexity index is 1390. The molecule has 0 amide bonds. The Morgan fingerprint density at radius 2 is 1.95 bits per heavy atom. The number of phosphoric acid groups is 1. The first-order chi connectivity index (χ1) is 20.0. The fourth-order valence-electron chi connectivity index (χ4n) is 4.58. The Hall–Kier alpha value is -1.65. The molecule has 1 aromatic heterocycles. The zero-order chi connectivity index (χ0) is 32.3. The molecule has 7 unspecified atom stereocenters. The molecule has 12 atom stereocenters. The smallest absolute Gasteiger partial charge is 0.394 e. The number of ether oxygens (including phenoxy) is 2. The fraction of sp³-hybridized carbons (Fsp3) is 0.789. The number of H-pyrrole nitrogens is 1. The minimum Gasteiger partial charge on any atom is -0.394 e. The molecule has 2 aliphatic heterocycles. The number of aliphatic hydroxyl groups is 6. The number of hydrogen-bond acceptors (Lipinski definition) is 16. The number of phosphoric ester groups is 1. The fourth-order valence-corrected chi connectivity index (χ4v) is 7.69. The van der Waals surface area contributed by atoms with Gasteiger partial charge in [-0.3, -0.25) is 18.9 Å². The molecule has 0 bridgehead atoms. The second kappa shape index (κ2) is 14.2. The summed E-state index contributed by atoms with van der Waals surface area (Å²) in [5.74, 6) is -1.34. The van der Waals surface area contributed by atoms with Crippen molar-refractivity contribution in [3.8, 4) is 0 Å². The summed E-state index contributed by atoms with van der Waals surface area (Å²) in [7, 11) is -5.49. The van der Waals surface area contributed by atoms with Crippen LogP contribution in [0.25, 0.3) is 10.4 Å². The van der Waals surface area contributed by atoms with Gasteiger partial charge in [0.25, 0.3) is 5.56 Å². The first-order valence-corrected chi connectivity index (χ1v) is 16.5. The third kappa shape index (κ3) is 7.96. The highest BCUT2D eigenvalue weighted by molar-refractivity contribution is 8.08. The molecule has 0 radical (unpaired) electrons. The Morgan fingerprint density at radius 1 is 1.28 bits per heavy atom. The summed E-state index contributed by atoms with van der Waals surface area (Å²) >= 11 is 4.74. The maximum absolute atomic E-state index is 12.6. The third-order valence-corrected chi connectivity index (χ3v) is 10.4. The number of nitrogens with zero attached hydrogens (tertiary/aromatic N) is 4. The van der Waals surface area contributed by atoms with Crippen LogP contribution >= 0.6 is 14.5 Å². The molecule has 0 saturated carbocycles. The van der Waals surface area contributed by atoms with E-state index in [2.05, 4.69) is 18.9 Å². The number of aromatic nitrogens is 2. The van der Waals surface area contributed by atoms with E-state index in [-0.39, 0.29) is 6.42 Å². The summed E-state index contributed by atoms with van der Waals surface area (Å²) in [6.07, 6.45) is -13.7. The van der Waals surface area contributed by atoms with E-state index >= 15 is 0 Å². The van der Waals surface area contributed by atoms with Crippen LogP contribution in [0.2, 0.25) is 0 Å².